The summed E-state index contributed by atoms with van der Waals surface area (Å²) in [5.41, 5.74) is 0.907. The Balaban J connectivity index is 2.11. The summed E-state index contributed by atoms with van der Waals surface area (Å²) in [6, 6.07) is 5.64. The van der Waals surface area contributed by atoms with Crippen molar-refractivity contribution < 1.29 is 9.59 Å². The van der Waals surface area contributed by atoms with Crippen LogP contribution in [-0.2, 0) is 16.0 Å². The average Bonchev–Trinajstić information content (AvgIpc) is 2.33. The molecule has 1 heterocycles. The largest absolute Gasteiger partial charge is 0.355 e. The van der Waals surface area contributed by atoms with Crippen molar-refractivity contribution in [3.8, 4) is 0 Å². The Bertz CT molecular complexity index is 365. The number of hydrogen-bond acceptors (Lipinski definition) is 3. The Labute approximate surface area is 101 Å². The van der Waals surface area contributed by atoms with Gasteiger partial charge < -0.3 is 10.6 Å². The number of hydrogen-bond donors (Lipinski definition) is 2. The Morgan fingerprint density at radius 2 is 2.00 bits per heavy atom. The molecule has 2 N–H and O–H groups in total. The fourth-order valence-electron chi connectivity index (χ4n) is 1.32. The predicted octanol–water partition coefficient (Wildman–Crippen LogP) is 0.266. The molecular formula is C12H17N3O2. The van der Waals surface area contributed by atoms with Crippen molar-refractivity contribution in [2.75, 3.05) is 13.1 Å². The van der Waals surface area contributed by atoms with Gasteiger partial charge in [0.05, 0.1) is 0 Å². The lowest BCUT2D eigenvalue weighted by atomic mass is 10.2. The molecule has 0 atom stereocenters. The third-order valence-corrected chi connectivity index (χ3v) is 2.16. The summed E-state index contributed by atoms with van der Waals surface area (Å²) in [4.78, 5) is 26.1. The summed E-state index contributed by atoms with van der Waals surface area (Å²) in [7, 11) is 0. The van der Waals surface area contributed by atoms with Gasteiger partial charge in [-0.2, -0.15) is 0 Å². The van der Waals surface area contributed by atoms with E-state index in [4.69, 9.17) is 0 Å². The first-order valence-electron chi connectivity index (χ1n) is 5.59. The molecule has 0 spiro atoms. The molecule has 0 aliphatic heterocycles. The van der Waals surface area contributed by atoms with E-state index in [0.29, 0.717) is 25.9 Å². The molecule has 17 heavy (non-hydrogen) atoms. The lowest BCUT2D eigenvalue weighted by Crippen LogP contribution is -2.33. The van der Waals surface area contributed by atoms with Crippen molar-refractivity contribution in [2.24, 2.45) is 0 Å². The van der Waals surface area contributed by atoms with Crippen LogP contribution >= 0.6 is 0 Å². The minimum atomic E-state index is -0.0901. The summed E-state index contributed by atoms with van der Waals surface area (Å²) in [6.45, 7) is 2.37. The quantitative estimate of drug-likeness (QED) is 0.695. The highest BCUT2D eigenvalue weighted by Crippen LogP contribution is 1.97. The van der Waals surface area contributed by atoms with Crippen molar-refractivity contribution in [2.45, 2.75) is 19.8 Å². The second-order valence-corrected chi connectivity index (χ2v) is 3.65. The van der Waals surface area contributed by atoms with Gasteiger partial charge in [0.15, 0.2) is 0 Å². The van der Waals surface area contributed by atoms with Crippen LogP contribution < -0.4 is 10.6 Å². The second-order valence-electron chi connectivity index (χ2n) is 3.65. The van der Waals surface area contributed by atoms with Gasteiger partial charge in [-0.25, -0.2) is 0 Å². The van der Waals surface area contributed by atoms with E-state index in [9.17, 15) is 9.59 Å². The first-order valence-corrected chi connectivity index (χ1v) is 5.59. The fraction of sp³-hybridized carbons (Fsp3) is 0.417. The average molecular weight is 235 g/mol. The maximum atomic E-state index is 11.4. The van der Waals surface area contributed by atoms with Gasteiger partial charge in [0.2, 0.25) is 11.8 Å². The molecule has 92 valence electrons. The molecule has 0 bridgehead atoms. The van der Waals surface area contributed by atoms with E-state index in [1.165, 1.54) is 6.92 Å². The number of nitrogens with zero attached hydrogens (tertiary/aromatic N) is 1. The summed E-state index contributed by atoms with van der Waals surface area (Å²) in [5.74, 6) is -0.117. The highest BCUT2D eigenvalue weighted by atomic mass is 16.2. The van der Waals surface area contributed by atoms with Crippen LogP contribution in [-0.4, -0.2) is 29.9 Å². The van der Waals surface area contributed by atoms with Gasteiger partial charge >= 0.3 is 0 Å². The van der Waals surface area contributed by atoms with Crippen LogP contribution in [0.15, 0.2) is 24.4 Å². The molecule has 2 amide bonds. The van der Waals surface area contributed by atoms with Gasteiger partial charge in [-0.3, -0.25) is 14.6 Å². The molecule has 1 aromatic heterocycles. The first-order chi connectivity index (χ1) is 8.18. The zero-order chi connectivity index (χ0) is 12.5. The van der Waals surface area contributed by atoms with Gasteiger partial charge in [-0.05, 0) is 18.6 Å². The molecule has 5 nitrogen and oxygen atoms in total. The highest BCUT2D eigenvalue weighted by Gasteiger charge is 2.02. The van der Waals surface area contributed by atoms with Crippen molar-refractivity contribution in [3.63, 3.8) is 0 Å². The van der Waals surface area contributed by atoms with Crippen LogP contribution in [0, 0.1) is 0 Å². The molecule has 0 aliphatic carbocycles. The Kier molecular flexibility index (Phi) is 5.71. The SMILES string of the molecule is CC(=O)NCCNC(=O)CCc1ccccn1. The predicted molar refractivity (Wildman–Crippen MR) is 64.3 cm³/mol. The first kappa shape index (κ1) is 13.2. The van der Waals surface area contributed by atoms with Gasteiger partial charge in [-0.1, -0.05) is 6.07 Å². The van der Waals surface area contributed by atoms with Crippen molar-refractivity contribution in [1.82, 2.24) is 15.6 Å². The lowest BCUT2D eigenvalue weighted by molar-refractivity contribution is -0.122. The monoisotopic (exact) mass is 235 g/mol. The van der Waals surface area contributed by atoms with Crippen LogP contribution in [0.2, 0.25) is 0 Å². The zero-order valence-corrected chi connectivity index (χ0v) is 9.90. The number of carbonyl (C=O) groups excluding carboxylic acids is 2. The second kappa shape index (κ2) is 7.38. The van der Waals surface area contributed by atoms with E-state index in [2.05, 4.69) is 15.6 Å². The van der Waals surface area contributed by atoms with E-state index in [0.717, 1.165) is 5.69 Å². The van der Waals surface area contributed by atoms with Crippen molar-refractivity contribution in [3.05, 3.63) is 30.1 Å². The maximum absolute atomic E-state index is 11.4. The normalized spacial score (nSPS) is 9.71. The van der Waals surface area contributed by atoms with Crippen LogP contribution in [0.1, 0.15) is 19.0 Å². The van der Waals surface area contributed by atoms with Crippen LogP contribution in [0.4, 0.5) is 0 Å². The maximum Gasteiger partial charge on any atom is 0.220 e. The number of aromatic nitrogens is 1. The van der Waals surface area contributed by atoms with Crippen molar-refractivity contribution in [1.29, 1.82) is 0 Å². The molecule has 0 aliphatic rings. The number of rotatable bonds is 6. The van der Waals surface area contributed by atoms with Gasteiger partial charge in [-0.15, -0.1) is 0 Å². The Morgan fingerprint density at radius 1 is 1.24 bits per heavy atom. The summed E-state index contributed by atoms with van der Waals surface area (Å²) >= 11 is 0. The molecule has 1 aromatic rings. The number of amides is 2. The fourth-order valence-corrected chi connectivity index (χ4v) is 1.32. The van der Waals surface area contributed by atoms with Gasteiger partial charge in [0.1, 0.15) is 0 Å². The third-order valence-electron chi connectivity index (χ3n) is 2.16. The number of aryl methyl sites for hydroxylation is 1. The van der Waals surface area contributed by atoms with Crippen molar-refractivity contribution >= 4 is 11.8 Å². The minimum Gasteiger partial charge on any atom is -0.355 e. The van der Waals surface area contributed by atoms with Crippen LogP contribution in [0.3, 0.4) is 0 Å². The van der Waals surface area contributed by atoms with Crippen LogP contribution in [0.25, 0.3) is 0 Å². The molecule has 5 heteroatoms. The van der Waals surface area contributed by atoms with E-state index in [1.807, 2.05) is 18.2 Å². The Hall–Kier alpha value is -1.91. The molecular weight excluding hydrogens is 218 g/mol. The van der Waals surface area contributed by atoms with E-state index < -0.39 is 0 Å². The van der Waals surface area contributed by atoms with Crippen LogP contribution in [0.5, 0.6) is 0 Å². The number of pyridine rings is 1. The highest BCUT2D eigenvalue weighted by molar-refractivity contribution is 5.76. The third kappa shape index (κ3) is 6.29. The van der Waals surface area contributed by atoms with E-state index in [1.54, 1.807) is 6.20 Å². The van der Waals surface area contributed by atoms with E-state index >= 15 is 0 Å². The number of nitrogens with one attached hydrogen (secondary N) is 2. The molecule has 0 aromatic carbocycles. The Morgan fingerprint density at radius 3 is 2.65 bits per heavy atom. The summed E-state index contributed by atoms with van der Waals surface area (Å²) < 4.78 is 0. The molecule has 1 rings (SSSR count). The van der Waals surface area contributed by atoms with Gasteiger partial charge in [0, 0.05) is 38.3 Å². The molecule has 0 fully saturated rings. The standard InChI is InChI=1S/C12H17N3O2/c1-10(16)13-8-9-15-12(17)6-5-11-4-2-3-7-14-11/h2-4,7H,5-6,8-9H2,1H3,(H,13,16)(H,15,17). The summed E-state index contributed by atoms with van der Waals surface area (Å²) in [5, 5.41) is 5.34. The van der Waals surface area contributed by atoms with Gasteiger partial charge in [0.25, 0.3) is 0 Å². The molecule has 0 unspecified atom stereocenters. The number of carbonyl (C=O) groups is 2. The minimum absolute atomic E-state index is 0.0268. The molecule has 0 saturated carbocycles. The summed E-state index contributed by atoms with van der Waals surface area (Å²) in [6.07, 6.45) is 2.76. The topological polar surface area (TPSA) is 71.1 Å². The molecule has 0 radical (unpaired) electrons. The smallest absolute Gasteiger partial charge is 0.220 e. The zero-order valence-electron chi connectivity index (χ0n) is 9.90. The molecule has 0 saturated heterocycles. The van der Waals surface area contributed by atoms with E-state index in [-0.39, 0.29) is 11.8 Å². The lowest BCUT2D eigenvalue weighted by Gasteiger charge is -2.05.